The third kappa shape index (κ3) is 7.14. The molecule has 0 saturated carbocycles. The Morgan fingerprint density at radius 3 is 2.48 bits per heavy atom. The smallest absolute Gasteiger partial charge is 0.289 e. The number of para-hydroxylation sites is 1. The third-order valence-electron chi connectivity index (χ3n) is 5.10. The summed E-state index contributed by atoms with van der Waals surface area (Å²) in [7, 11) is 0. The maximum atomic E-state index is 12.6. The summed E-state index contributed by atoms with van der Waals surface area (Å²) in [6, 6.07) is 14.1. The van der Waals surface area contributed by atoms with Gasteiger partial charge in [0.15, 0.2) is 5.76 Å². The number of nitrogens with zero attached hydrogens (tertiary/aromatic N) is 1. The standard InChI is InChI=1S/C23H24Cl2N2O4.C2H6/c1-15-20(22(29)26-11-5-6-16-9-10-18(24)19(25)14-16)21(28)23(30)27(15)12-13-31-17-7-3-2-4-8-17;1-2/h2-4,7-10,14-15,28H,5-6,11-13H2,1H3,(H,26,29);1-2H3. The number of aliphatic hydroxyl groups excluding tert-OH is 1. The lowest BCUT2D eigenvalue weighted by Gasteiger charge is -2.23. The van der Waals surface area contributed by atoms with Crippen molar-refractivity contribution in [2.45, 2.75) is 39.7 Å². The maximum absolute atomic E-state index is 12.6. The minimum atomic E-state index is -0.565. The van der Waals surface area contributed by atoms with E-state index in [1.54, 1.807) is 19.1 Å². The molecular weight excluding hydrogens is 463 g/mol. The number of hydrogen-bond donors (Lipinski definition) is 2. The SMILES string of the molecule is CC.CC1C(C(=O)NCCCc2ccc(Cl)c(Cl)c2)=C(O)C(=O)N1CCOc1ccccc1. The van der Waals surface area contributed by atoms with Crippen LogP contribution in [-0.2, 0) is 16.0 Å². The van der Waals surface area contributed by atoms with Crippen molar-refractivity contribution < 1.29 is 19.4 Å². The molecule has 1 aliphatic rings. The van der Waals surface area contributed by atoms with Gasteiger partial charge in [0.25, 0.3) is 11.8 Å². The fourth-order valence-electron chi connectivity index (χ4n) is 3.44. The molecule has 0 spiro atoms. The second-order valence-electron chi connectivity index (χ2n) is 7.21. The molecule has 33 heavy (non-hydrogen) atoms. The molecule has 3 rings (SSSR count). The van der Waals surface area contributed by atoms with E-state index in [4.69, 9.17) is 27.9 Å². The molecule has 1 heterocycles. The first-order valence-electron chi connectivity index (χ1n) is 11.0. The van der Waals surface area contributed by atoms with Crippen LogP contribution in [0.15, 0.2) is 59.9 Å². The van der Waals surface area contributed by atoms with Crippen molar-refractivity contribution in [2.24, 2.45) is 0 Å². The number of aliphatic hydroxyl groups is 1. The first-order valence-corrected chi connectivity index (χ1v) is 11.8. The van der Waals surface area contributed by atoms with Gasteiger partial charge >= 0.3 is 0 Å². The number of ether oxygens (including phenoxy) is 1. The number of hydrogen-bond acceptors (Lipinski definition) is 4. The largest absolute Gasteiger partial charge is 0.503 e. The Morgan fingerprint density at radius 2 is 1.82 bits per heavy atom. The Morgan fingerprint density at radius 1 is 1.12 bits per heavy atom. The summed E-state index contributed by atoms with van der Waals surface area (Å²) in [6.45, 7) is 6.63. The number of carbonyl (C=O) groups is 2. The summed E-state index contributed by atoms with van der Waals surface area (Å²) in [4.78, 5) is 26.4. The van der Waals surface area contributed by atoms with Crippen LogP contribution in [0.1, 0.15) is 32.8 Å². The second kappa shape index (κ2) is 13.1. The van der Waals surface area contributed by atoms with Gasteiger partial charge in [-0.05, 0) is 49.6 Å². The summed E-state index contributed by atoms with van der Waals surface area (Å²) in [6.07, 6.45) is 1.38. The quantitative estimate of drug-likeness (QED) is 0.472. The predicted octanol–water partition coefficient (Wildman–Crippen LogP) is 5.19. The predicted molar refractivity (Wildman–Crippen MR) is 132 cm³/mol. The molecule has 6 nitrogen and oxygen atoms in total. The molecule has 0 aromatic heterocycles. The van der Waals surface area contributed by atoms with Gasteiger partial charge in [0.2, 0.25) is 0 Å². The van der Waals surface area contributed by atoms with Gasteiger partial charge in [0.05, 0.1) is 28.2 Å². The van der Waals surface area contributed by atoms with Gasteiger partial charge in [0, 0.05) is 6.54 Å². The molecule has 2 aromatic rings. The minimum absolute atomic E-state index is 0.0826. The van der Waals surface area contributed by atoms with Gasteiger partial charge in [-0.25, -0.2) is 0 Å². The van der Waals surface area contributed by atoms with E-state index in [9.17, 15) is 14.7 Å². The number of halogens is 2. The summed E-state index contributed by atoms with van der Waals surface area (Å²) in [5, 5.41) is 14.0. The van der Waals surface area contributed by atoms with Crippen LogP contribution in [0, 0.1) is 0 Å². The normalized spacial score (nSPS) is 15.2. The maximum Gasteiger partial charge on any atom is 0.289 e. The van der Waals surface area contributed by atoms with Crippen molar-refractivity contribution >= 4 is 35.0 Å². The first-order chi connectivity index (χ1) is 15.9. The highest BCUT2D eigenvalue weighted by Crippen LogP contribution is 2.25. The molecule has 0 bridgehead atoms. The van der Waals surface area contributed by atoms with E-state index in [-0.39, 0.29) is 18.7 Å². The lowest BCUT2D eigenvalue weighted by atomic mass is 10.1. The fourth-order valence-corrected chi connectivity index (χ4v) is 3.76. The van der Waals surface area contributed by atoms with Gasteiger partial charge in [0.1, 0.15) is 12.4 Å². The molecule has 0 radical (unpaired) electrons. The van der Waals surface area contributed by atoms with Crippen LogP contribution in [-0.4, -0.2) is 47.6 Å². The Labute approximate surface area is 205 Å². The Hall–Kier alpha value is -2.70. The van der Waals surface area contributed by atoms with E-state index in [1.807, 2.05) is 50.2 Å². The van der Waals surface area contributed by atoms with E-state index >= 15 is 0 Å². The van der Waals surface area contributed by atoms with Crippen molar-refractivity contribution in [3.05, 3.63) is 75.5 Å². The van der Waals surface area contributed by atoms with Crippen LogP contribution < -0.4 is 10.1 Å². The molecule has 8 heteroatoms. The van der Waals surface area contributed by atoms with Crippen molar-refractivity contribution in [3.8, 4) is 5.75 Å². The van der Waals surface area contributed by atoms with Crippen LogP contribution in [0.4, 0.5) is 0 Å². The van der Waals surface area contributed by atoms with Gasteiger partial charge in [-0.3, -0.25) is 9.59 Å². The van der Waals surface area contributed by atoms with Crippen LogP contribution in [0.5, 0.6) is 5.75 Å². The highest BCUT2D eigenvalue weighted by Gasteiger charge is 2.39. The molecule has 178 valence electrons. The number of benzene rings is 2. The highest BCUT2D eigenvalue weighted by atomic mass is 35.5. The molecule has 0 fully saturated rings. The lowest BCUT2D eigenvalue weighted by Crippen LogP contribution is -2.39. The molecule has 1 unspecified atom stereocenters. The van der Waals surface area contributed by atoms with Crippen LogP contribution in [0.25, 0.3) is 0 Å². The Bertz CT molecular complexity index is 980. The summed E-state index contributed by atoms with van der Waals surface area (Å²) in [5.74, 6) is -0.822. The average molecular weight is 493 g/mol. The number of rotatable bonds is 9. The van der Waals surface area contributed by atoms with Gasteiger partial charge in [-0.15, -0.1) is 0 Å². The molecule has 2 N–H and O–H groups in total. The lowest BCUT2D eigenvalue weighted by molar-refractivity contribution is -0.129. The monoisotopic (exact) mass is 492 g/mol. The second-order valence-corrected chi connectivity index (χ2v) is 8.02. The minimum Gasteiger partial charge on any atom is -0.503 e. The Kier molecular flexibility index (Phi) is 10.6. The molecule has 0 saturated heterocycles. The molecule has 1 aliphatic heterocycles. The van der Waals surface area contributed by atoms with Crippen molar-refractivity contribution in [1.29, 1.82) is 0 Å². The zero-order valence-corrected chi connectivity index (χ0v) is 20.6. The zero-order valence-electron chi connectivity index (χ0n) is 19.1. The first kappa shape index (κ1) is 26.6. The average Bonchev–Trinajstić information content (AvgIpc) is 3.04. The van der Waals surface area contributed by atoms with Gasteiger partial charge < -0.3 is 20.1 Å². The van der Waals surface area contributed by atoms with Gasteiger partial charge in [-0.1, -0.05) is 61.3 Å². The zero-order chi connectivity index (χ0) is 24.4. The van der Waals surface area contributed by atoms with Crippen molar-refractivity contribution in [3.63, 3.8) is 0 Å². The fraction of sp³-hybridized carbons (Fsp3) is 0.360. The van der Waals surface area contributed by atoms with Crippen LogP contribution >= 0.6 is 23.2 Å². The summed E-state index contributed by atoms with van der Waals surface area (Å²) >= 11 is 11.9. The van der Waals surface area contributed by atoms with E-state index in [1.165, 1.54) is 4.90 Å². The summed E-state index contributed by atoms with van der Waals surface area (Å²) < 4.78 is 5.62. The highest BCUT2D eigenvalue weighted by molar-refractivity contribution is 6.42. The number of carbonyl (C=O) groups excluding carboxylic acids is 2. The Balaban J connectivity index is 0.00000187. The van der Waals surface area contributed by atoms with E-state index in [2.05, 4.69) is 5.32 Å². The van der Waals surface area contributed by atoms with Crippen molar-refractivity contribution in [1.82, 2.24) is 10.2 Å². The summed E-state index contributed by atoms with van der Waals surface area (Å²) in [5.41, 5.74) is 1.10. The van der Waals surface area contributed by atoms with E-state index in [0.717, 1.165) is 5.56 Å². The van der Waals surface area contributed by atoms with E-state index in [0.29, 0.717) is 35.2 Å². The van der Waals surface area contributed by atoms with Crippen molar-refractivity contribution in [2.75, 3.05) is 19.7 Å². The molecular formula is C25H30Cl2N2O4. The topological polar surface area (TPSA) is 78.9 Å². The van der Waals surface area contributed by atoms with E-state index < -0.39 is 23.6 Å². The number of amides is 2. The molecule has 2 amide bonds. The van der Waals surface area contributed by atoms with Gasteiger partial charge in [-0.2, -0.15) is 0 Å². The van der Waals surface area contributed by atoms with Crippen LogP contribution in [0.2, 0.25) is 10.0 Å². The number of aryl methyl sites for hydroxylation is 1. The number of nitrogens with one attached hydrogen (secondary N) is 1. The molecule has 0 aliphatic carbocycles. The third-order valence-corrected chi connectivity index (χ3v) is 5.84. The van der Waals surface area contributed by atoms with Crippen LogP contribution in [0.3, 0.4) is 0 Å². The molecule has 1 atom stereocenters. The molecule has 2 aromatic carbocycles.